The molecule has 0 saturated carbocycles. The van der Waals surface area contributed by atoms with Crippen LogP contribution in [0.25, 0.3) is 0 Å². The number of likely N-dealkylation sites (tertiary alicyclic amines) is 1. The van der Waals surface area contributed by atoms with E-state index in [0.717, 1.165) is 44.8 Å². The molecule has 20 heavy (non-hydrogen) atoms. The molecule has 0 spiro atoms. The van der Waals surface area contributed by atoms with Gasteiger partial charge in [0.25, 0.3) is 0 Å². The first-order valence-electron chi connectivity index (χ1n) is 7.81. The summed E-state index contributed by atoms with van der Waals surface area (Å²) in [6.45, 7) is 11.0. The SMILES string of the molecule is CC(C)N1CCC(C)(Oc2ccc3c(c2)CCNC3)C1. The molecule has 0 bridgehead atoms. The Morgan fingerprint density at radius 2 is 2.15 bits per heavy atom. The van der Waals surface area contributed by atoms with Gasteiger partial charge in [0.15, 0.2) is 0 Å². The smallest absolute Gasteiger partial charge is 0.120 e. The fraction of sp³-hybridized carbons (Fsp3) is 0.647. The van der Waals surface area contributed by atoms with Crippen molar-refractivity contribution in [2.75, 3.05) is 19.6 Å². The second-order valence-electron chi connectivity index (χ2n) is 6.72. The molecule has 110 valence electrons. The Balaban J connectivity index is 1.71. The van der Waals surface area contributed by atoms with Gasteiger partial charge >= 0.3 is 0 Å². The monoisotopic (exact) mass is 274 g/mol. The van der Waals surface area contributed by atoms with Gasteiger partial charge in [-0.15, -0.1) is 0 Å². The minimum atomic E-state index is -0.0363. The Kier molecular flexibility index (Phi) is 3.74. The maximum Gasteiger partial charge on any atom is 0.120 e. The molecule has 0 aromatic heterocycles. The van der Waals surface area contributed by atoms with Crippen molar-refractivity contribution in [2.45, 2.75) is 51.8 Å². The molecule has 1 N–H and O–H groups in total. The first kappa shape index (κ1) is 13.9. The molecule has 3 heteroatoms. The Labute approximate surface area is 122 Å². The predicted octanol–water partition coefficient (Wildman–Crippen LogP) is 2.58. The molecule has 3 nitrogen and oxygen atoms in total. The van der Waals surface area contributed by atoms with E-state index in [2.05, 4.69) is 49.2 Å². The predicted molar refractivity (Wildman–Crippen MR) is 82.2 cm³/mol. The fourth-order valence-corrected chi connectivity index (χ4v) is 3.29. The molecule has 0 aliphatic carbocycles. The minimum absolute atomic E-state index is 0.0363. The van der Waals surface area contributed by atoms with Crippen LogP contribution in [0.5, 0.6) is 5.75 Å². The van der Waals surface area contributed by atoms with E-state index >= 15 is 0 Å². The number of nitrogens with zero attached hydrogens (tertiary/aromatic N) is 1. The molecule has 2 heterocycles. The number of hydrogen-bond acceptors (Lipinski definition) is 3. The highest BCUT2D eigenvalue weighted by Gasteiger charge is 2.36. The number of ether oxygens (including phenoxy) is 1. The lowest BCUT2D eigenvalue weighted by Gasteiger charge is -2.28. The van der Waals surface area contributed by atoms with Crippen LogP contribution in [0.3, 0.4) is 0 Å². The van der Waals surface area contributed by atoms with Crippen LogP contribution in [0, 0.1) is 0 Å². The Hall–Kier alpha value is -1.06. The third-order valence-corrected chi connectivity index (χ3v) is 4.62. The quantitative estimate of drug-likeness (QED) is 0.917. The summed E-state index contributed by atoms with van der Waals surface area (Å²) in [5.41, 5.74) is 2.83. The molecule has 2 aliphatic heterocycles. The summed E-state index contributed by atoms with van der Waals surface area (Å²) in [6.07, 6.45) is 2.23. The van der Waals surface area contributed by atoms with Crippen LogP contribution in [0.1, 0.15) is 38.3 Å². The van der Waals surface area contributed by atoms with Crippen LogP contribution in [-0.4, -0.2) is 36.2 Å². The summed E-state index contributed by atoms with van der Waals surface area (Å²) < 4.78 is 6.35. The molecule has 3 rings (SSSR count). The van der Waals surface area contributed by atoms with Gasteiger partial charge in [0.2, 0.25) is 0 Å². The van der Waals surface area contributed by atoms with Crippen molar-refractivity contribution in [1.29, 1.82) is 0 Å². The zero-order valence-electron chi connectivity index (χ0n) is 12.9. The maximum atomic E-state index is 6.35. The van der Waals surface area contributed by atoms with Crippen LogP contribution in [-0.2, 0) is 13.0 Å². The van der Waals surface area contributed by atoms with Crippen molar-refractivity contribution >= 4 is 0 Å². The second kappa shape index (κ2) is 5.38. The number of nitrogens with one attached hydrogen (secondary N) is 1. The van der Waals surface area contributed by atoms with Crippen molar-refractivity contribution in [3.8, 4) is 5.75 Å². The molecular weight excluding hydrogens is 248 g/mol. The highest BCUT2D eigenvalue weighted by Crippen LogP contribution is 2.30. The Bertz CT molecular complexity index is 486. The van der Waals surface area contributed by atoms with Crippen molar-refractivity contribution in [2.24, 2.45) is 0 Å². The highest BCUT2D eigenvalue weighted by atomic mass is 16.5. The first-order chi connectivity index (χ1) is 9.56. The van der Waals surface area contributed by atoms with E-state index in [9.17, 15) is 0 Å². The molecule has 1 saturated heterocycles. The average Bonchev–Trinajstić information content (AvgIpc) is 2.81. The van der Waals surface area contributed by atoms with Crippen LogP contribution in [0.15, 0.2) is 18.2 Å². The lowest BCUT2D eigenvalue weighted by atomic mass is 10.0. The van der Waals surface area contributed by atoms with Gasteiger partial charge in [-0.2, -0.15) is 0 Å². The van der Waals surface area contributed by atoms with Crippen molar-refractivity contribution in [1.82, 2.24) is 10.2 Å². The summed E-state index contributed by atoms with van der Waals surface area (Å²) in [6, 6.07) is 7.21. The molecule has 1 fully saturated rings. The summed E-state index contributed by atoms with van der Waals surface area (Å²) in [5.74, 6) is 1.04. The normalized spacial score (nSPS) is 26.8. The first-order valence-corrected chi connectivity index (χ1v) is 7.81. The van der Waals surface area contributed by atoms with Gasteiger partial charge < -0.3 is 10.1 Å². The lowest BCUT2D eigenvalue weighted by molar-refractivity contribution is 0.0908. The number of rotatable bonds is 3. The van der Waals surface area contributed by atoms with Gasteiger partial charge in [0.1, 0.15) is 11.4 Å². The Morgan fingerprint density at radius 3 is 2.90 bits per heavy atom. The lowest BCUT2D eigenvalue weighted by Crippen LogP contribution is -2.38. The number of hydrogen-bond donors (Lipinski definition) is 1. The molecule has 1 atom stereocenters. The zero-order chi connectivity index (χ0) is 14.2. The standard InChI is InChI=1S/C17H26N2O/c1-13(2)19-9-7-17(3,12-19)20-16-5-4-15-11-18-8-6-14(15)10-16/h4-5,10,13,18H,6-9,11-12H2,1-3H3. The van der Waals surface area contributed by atoms with E-state index in [0.29, 0.717) is 6.04 Å². The van der Waals surface area contributed by atoms with Gasteiger partial charge in [-0.25, -0.2) is 0 Å². The molecule has 0 radical (unpaired) electrons. The number of fused-ring (bicyclic) bond motifs is 1. The summed E-state index contributed by atoms with van der Waals surface area (Å²) in [4.78, 5) is 2.50. The molecule has 2 aliphatic rings. The molecule has 1 aromatic rings. The van der Waals surface area contributed by atoms with Crippen molar-refractivity contribution < 1.29 is 4.74 Å². The average molecular weight is 274 g/mol. The third-order valence-electron chi connectivity index (χ3n) is 4.62. The summed E-state index contributed by atoms with van der Waals surface area (Å²) in [5, 5.41) is 3.41. The van der Waals surface area contributed by atoms with Crippen molar-refractivity contribution in [3.63, 3.8) is 0 Å². The van der Waals surface area contributed by atoms with Gasteiger partial charge in [0, 0.05) is 32.1 Å². The Morgan fingerprint density at radius 1 is 1.30 bits per heavy atom. The largest absolute Gasteiger partial charge is 0.486 e. The van der Waals surface area contributed by atoms with Gasteiger partial charge in [-0.1, -0.05) is 6.07 Å². The summed E-state index contributed by atoms with van der Waals surface area (Å²) in [7, 11) is 0. The van der Waals surface area contributed by atoms with E-state index in [1.165, 1.54) is 11.1 Å². The third kappa shape index (κ3) is 2.84. The highest BCUT2D eigenvalue weighted by molar-refractivity contribution is 5.37. The van der Waals surface area contributed by atoms with Gasteiger partial charge in [-0.3, -0.25) is 4.90 Å². The van der Waals surface area contributed by atoms with E-state index in [1.807, 2.05) is 0 Å². The number of benzene rings is 1. The van der Waals surface area contributed by atoms with Crippen molar-refractivity contribution in [3.05, 3.63) is 29.3 Å². The summed E-state index contributed by atoms with van der Waals surface area (Å²) >= 11 is 0. The van der Waals surface area contributed by atoms with Crippen LogP contribution in [0.4, 0.5) is 0 Å². The topological polar surface area (TPSA) is 24.5 Å². The minimum Gasteiger partial charge on any atom is -0.486 e. The van der Waals surface area contributed by atoms with E-state index < -0.39 is 0 Å². The second-order valence-corrected chi connectivity index (χ2v) is 6.72. The fourth-order valence-electron chi connectivity index (χ4n) is 3.29. The van der Waals surface area contributed by atoms with Gasteiger partial charge in [0.05, 0.1) is 0 Å². The molecular formula is C17H26N2O. The van der Waals surface area contributed by atoms with Crippen LogP contribution in [0.2, 0.25) is 0 Å². The van der Waals surface area contributed by atoms with E-state index in [-0.39, 0.29) is 5.60 Å². The zero-order valence-corrected chi connectivity index (χ0v) is 12.9. The molecule has 1 aromatic carbocycles. The van der Waals surface area contributed by atoms with E-state index in [4.69, 9.17) is 4.74 Å². The van der Waals surface area contributed by atoms with E-state index in [1.54, 1.807) is 0 Å². The van der Waals surface area contributed by atoms with Crippen LogP contribution >= 0.6 is 0 Å². The molecule has 0 amide bonds. The maximum absolute atomic E-state index is 6.35. The molecule has 1 unspecified atom stereocenters. The van der Waals surface area contributed by atoms with Crippen LogP contribution < -0.4 is 10.1 Å². The van der Waals surface area contributed by atoms with Gasteiger partial charge in [-0.05, 0) is 57.0 Å².